The van der Waals surface area contributed by atoms with Gasteiger partial charge in [0.1, 0.15) is 12.1 Å². The van der Waals surface area contributed by atoms with Crippen LogP contribution >= 0.6 is 0 Å². The number of unbranched alkanes of at least 4 members (excludes halogenated alkanes) is 12. The summed E-state index contributed by atoms with van der Waals surface area (Å²) in [6, 6.07) is -0.636. The van der Waals surface area contributed by atoms with Gasteiger partial charge in [0.05, 0.1) is 6.61 Å². The molecule has 1 amide bonds. The van der Waals surface area contributed by atoms with Crippen molar-refractivity contribution in [3.63, 3.8) is 0 Å². The maximum Gasteiger partial charge on any atom is 0.410 e. The second kappa shape index (κ2) is 18.9. The Balaban J connectivity index is 2.13. The number of likely N-dealkylation sites (N-methyl/N-ethyl adjacent to an activating group) is 1. The van der Waals surface area contributed by atoms with Gasteiger partial charge >= 0.3 is 12.1 Å². The van der Waals surface area contributed by atoms with Crippen LogP contribution in [0.4, 0.5) is 4.79 Å². The van der Waals surface area contributed by atoms with Gasteiger partial charge in [-0.2, -0.15) is 0 Å². The zero-order valence-electron chi connectivity index (χ0n) is 24.0. The first-order valence-corrected chi connectivity index (χ1v) is 14.9. The van der Waals surface area contributed by atoms with Crippen LogP contribution in [0.5, 0.6) is 0 Å². The lowest BCUT2D eigenvalue weighted by Crippen LogP contribution is -2.45. The predicted octanol–water partition coefficient (Wildman–Crippen LogP) is 8.54. The van der Waals surface area contributed by atoms with E-state index < -0.39 is 12.1 Å². The maximum atomic E-state index is 12.7. The van der Waals surface area contributed by atoms with Crippen LogP contribution in [0.15, 0.2) is 0 Å². The molecule has 0 heterocycles. The van der Waals surface area contributed by atoms with Crippen LogP contribution in [0.3, 0.4) is 0 Å². The molecule has 4 unspecified atom stereocenters. The molecule has 5 nitrogen and oxygen atoms in total. The Labute approximate surface area is 217 Å². The Morgan fingerprint density at radius 1 is 0.829 bits per heavy atom. The second-order valence-corrected chi connectivity index (χ2v) is 11.4. The van der Waals surface area contributed by atoms with Gasteiger partial charge in [-0.15, -0.1) is 0 Å². The van der Waals surface area contributed by atoms with Gasteiger partial charge in [0, 0.05) is 7.05 Å². The zero-order chi connectivity index (χ0) is 26.1. The Morgan fingerprint density at radius 3 is 1.86 bits per heavy atom. The first-order valence-electron chi connectivity index (χ1n) is 14.9. The molecular formula is C30H57NO4. The van der Waals surface area contributed by atoms with Gasteiger partial charge in [0.2, 0.25) is 0 Å². The van der Waals surface area contributed by atoms with Gasteiger partial charge in [-0.25, -0.2) is 9.59 Å². The standard InChI is InChI=1S/C30H57NO4/c1-7-8-9-10-11-12-13-14-15-16-17-18-19-22-34-29(32)26(5)31(6)30(33)35-28-23-25(4)20-21-27(28)24(2)3/h24-28H,7-23H2,1-6H3. The van der Waals surface area contributed by atoms with E-state index in [0.29, 0.717) is 24.4 Å². The predicted molar refractivity (Wildman–Crippen MR) is 145 cm³/mol. The van der Waals surface area contributed by atoms with Crippen LogP contribution in [0.25, 0.3) is 0 Å². The number of carbonyl (C=O) groups is 2. The van der Waals surface area contributed by atoms with Crippen molar-refractivity contribution in [1.82, 2.24) is 4.90 Å². The molecule has 0 aliphatic heterocycles. The van der Waals surface area contributed by atoms with Crippen LogP contribution in [0.2, 0.25) is 0 Å². The van der Waals surface area contributed by atoms with Crippen LogP contribution in [0, 0.1) is 17.8 Å². The number of carbonyl (C=O) groups excluding carboxylic acids is 2. The van der Waals surface area contributed by atoms with Gasteiger partial charge < -0.3 is 9.47 Å². The first kappa shape index (κ1) is 31.8. The Bertz CT molecular complexity index is 565. The number of rotatable bonds is 18. The van der Waals surface area contributed by atoms with Gasteiger partial charge in [0.15, 0.2) is 0 Å². The summed E-state index contributed by atoms with van der Waals surface area (Å²) in [5.41, 5.74) is 0. The third-order valence-electron chi connectivity index (χ3n) is 7.92. The molecular weight excluding hydrogens is 438 g/mol. The molecule has 1 fully saturated rings. The number of esters is 1. The number of ether oxygens (including phenoxy) is 2. The average Bonchev–Trinajstić information content (AvgIpc) is 2.82. The molecule has 0 N–H and O–H groups in total. The minimum atomic E-state index is -0.636. The quantitative estimate of drug-likeness (QED) is 0.141. The summed E-state index contributed by atoms with van der Waals surface area (Å²) in [5.74, 6) is 1.09. The summed E-state index contributed by atoms with van der Waals surface area (Å²) < 4.78 is 11.3. The molecule has 206 valence electrons. The van der Waals surface area contributed by atoms with Crippen molar-refractivity contribution in [2.24, 2.45) is 17.8 Å². The van der Waals surface area contributed by atoms with Crippen molar-refractivity contribution in [3.05, 3.63) is 0 Å². The maximum absolute atomic E-state index is 12.7. The van der Waals surface area contributed by atoms with Gasteiger partial charge in [0.25, 0.3) is 0 Å². The normalized spacial score (nSPS) is 21.1. The zero-order valence-corrected chi connectivity index (χ0v) is 24.0. The molecule has 5 heteroatoms. The highest BCUT2D eigenvalue weighted by atomic mass is 16.6. The fraction of sp³-hybridized carbons (Fsp3) is 0.933. The monoisotopic (exact) mass is 495 g/mol. The second-order valence-electron chi connectivity index (χ2n) is 11.4. The highest BCUT2D eigenvalue weighted by Crippen LogP contribution is 2.35. The molecule has 0 saturated heterocycles. The van der Waals surface area contributed by atoms with Crippen molar-refractivity contribution in [2.75, 3.05) is 13.7 Å². The molecule has 1 aliphatic rings. The van der Waals surface area contributed by atoms with Gasteiger partial charge in [-0.05, 0) is 43.9 Å². The van der Waals surface area contributed by atoms with Crippen molar-refractivity contribution >= 4 is 12.1 Å². The number of amides is 1. The SMILES string of the molecule is CCCCCCCCCCCCCCCOC(=O)C(C)N(C)C(=O)OC1CC(C)CCC1C(C)C. The van der Waals surface area contributed by atoms with E-state index in [1.54, 1.807) is 14.0 Å². The summed E-state index contributed by atoms with van der Waals surface area (Å²) in [7, 11) is 1.64. The number of hydrogen-bond acceptors (Lipinski definition) is 4. The fourth-order valence-electron chi connectivity index (χ4n) is 5.19. The van der Waals surface area contributed by atoms with E-state index in [9.17, 15) is 9.59 Å². The summed E-state index contributed by atoms with van der Waals surface area (Å²) in [6.45, 7) is 11.0. The molecule has 0 aromatic rings. The largest absolute Gasteiger partial charge is 0.464 e. The molecule has 1 saturated carbocycles. The first-order chi connectivity index (χ1) is 16.8. The third kappa shape index (κ3) is 13.6. The number of nitrogens with zero attached hydrogens (tertiary/aromatic N) is 1. The van der Waals surface area contributed by atoms with Crippen molar-refractivity contribution in [1.29, 1.82) is 0 Å². The summed E-state index contributed by atoms with van der Waals surface area (Å²) in [6.07, 6.45) is 19.5. The highest BCUT2D eigenvalue weighted by Gasteiger charge is 2.35. The van der Waals surface area contributed by atoms with Gasteiger partial charge in [-0.3, -0.25) is 4.90 Å². The van der Waals surface area contributed by atoms with Crippen LogP contribution in [-0.4, -0.2) is 42.8 Å². The van der Waals surface area contributed by atoms with Gasteiger partial charge in [-0.1, -0.05) is 111 Å². The summed E-state index contributed by atoms with van der Waals surface area (Å²) in [5, 5.41) is 0. The molecule has 1 aliphatic carbocycles. The fourth-order valence-corrected chi connectivity index (χ4v) is 5.19. The molecule has 0 aromatic heterocycles. The Morgan fingerprint density at radius 2 is 1.34 bits per heavy atom. The third-order valence-corrected chi connectivity index (χ3v) is 7.92. The smallest absolute Gasteiger partial charge is 0.410 e. The molecule has 35 heavy (non-hydrogen) atoms. The Kier molecular flexibility index (Phi) is 17.2. The lowest BCUT2D eigenvalue weighted by molar-refractivity contribution is -0.148. The molecule has 0 aromatic carbocycles. The Hall–Kier alpha value is -1.26. The molecule has 4 atom stereocenters. The summed E-state index contributed by atoms with van der Waals surface area (Å²) >= 11 is 0. The topological polar surface area (TPSA) is 55.8 Å². The van der Waals surface area contributed by atoms with Crippen LogP contribution in [0.1, 0.15) is 137 Å². The lowest BCUT2D eigenvalue weighted by Gasteiger charge is -2.37. The van der Waals surface area contributed by atoms with Crippen LogP contribution in [-0.2, 0) is 14.3 Å². The van der Waals surface area contributed by atoms with E-state index in [2.05, 4.69) is 27.7 Å². The van der Waals surface area contributed by atoms with Crippen LogP contribution < -0.4 is 0 Å². The minimum absolute atomic E-state index is 0.0669. The molecule has 0 radical (unpaired) electrons. The molecule has 0 spiro atoms. The summed E-state index contributed by atoms with van der Waals surface area (Å²) in [4.78, 5) is 26.6. The van der Waals surface area contributed by atoms with E-state index in [-0.39, 0.29) is 12.1 Å². The average molecular weight is 496 g/mol. The molecule has 0 bridgehead atoms. The van der Waals surface area contributed by atoms with Crippen molar-refractivity contribution < 1.29 is 19.1 Å². The minimum Gasteiger partial charge on any atom is -0.464 e. The van der Waals surface area contributed by atoms with E-state index in [0.717, 1.165) is 25.7 Å². The van der Waals surface area contributed by atoms with Crippen molar-refractivity contribution in [2.45, 2.75) is 149 Å². The van der Waals surface area contributed by atoms with E-state index >= 15 is 0 Å². The van der Waals surface area contributed by atoms with E-state index in [1.165, 1.54) is 81.9 Å². The number of hydrogen-bond donors (Lipinski definition) is 0. The molecule has 1 rings (SSSR count). The van der Waals surface area contributed by atoms with E-state index in [1.807, 2.05) is 0 Å². The van der Waals surface area contributed by atoms with Crippen molar-refractivity contribution in [3.8, 4) is 0 Å². The lowest BCUT2D eigenvalue weighted by atomic mass is 9.75. The van der Waals surface area contributed by atoms with E-state index in [4.69, 9.17) is 9.47 Å². The highest BCUT2D eigenvalue weighted by molar-refractivity contribution is 5.80.